The van der Waals surface area contributed by atoms with Crippen molar-refractivity contribution in [2.75, 3.05) is 11.9 Å². The van der Waals surface area contributed by atoms with Crippen LogP contribution in [0.1, 0.15) is 47.0 Å². The number of aromatic nitrogens is 1. The summed E-state index contributed by atoms with van der Waals surface area (Å²) >= 11 is 0. The Balaban J connectivity index is 2.41. The van der Waals surface area contributed by atoms with Crippen LogP contribution in [0.3, 0.4) is 0 Å². The minimum Gasteiger partial charge on any atom is -0.380 e. The van der Waals surface area contributed by atoms with Crippen molar-refractivity contribution in [3.63, 3.8) is 0 Å². The highest BCUT2D eigenvalue weighted by Gasteiger charge is 2.20. The lowest BCUT2D eigenvalue weighted by Crippen LogP contribution is -2.31. The SMILES string of the molecule is CC(C)(CN)CCCC(C)(C)Nc1ccncc1. The van der Waals surface area contributed by atoms with Gasteiger partial charge in [-0.05, 0) is 50.8 Å². The van der Waals surface area contributed by atoms with E-state index in [9.17, 15) is 0 Å². The van der Waals surface area contributed by atoms with Gasteiger partial charge in [-0.15, -0.1) is 0 Å². The maximum Gasteiger partial charge on any atom is 0.0375 e. The number of hydrogen-bond donors (Lipinski definition) is 2. The van der Waals surface area contributed by atoms with Gasteiger partial charge in [0, 0.05) is 23.6 Å². The van der Waals surface area contributed by atoms with Gasteiger partial charge in [0.2, 0.25) is 0 Å². The van der Waals surface area contributed by atoms with Crippen LogP contribution in [0.5, 0.6) is 0 Å². The molecule has 0 fully saturated rings. The lowest BCUT2D eigenvalue weighted by Gasteiger charge is -2.30. The molecule has 0 saturated carbocycles. The number of pyridine rings is 1. The maximum absolute atomic E-state index is 5.76. The average molecular weight is 249 g/mol. The molecule has 3 heteroatoms. The molecule has 3 nitrogen and oxygen atoms in total. The molecule has 0 aliphatic heterocycles. The Morgan fingerprint density at radius 1 is 1.11 bits per heavy atom. The number of rotatable bonds is 7. The highest BCUT2D eigenvalue weighted by atomic mass is 15.0. The second-order valence-corrected chi connectivity index (χ2v) is 6.47. The summed E-state index contributed by atoms with van der Waals surface area (Å²) in [6, 6.07) is 4.01. The predicted molar refractivity (Wildman–Crippen MR) is 78.6 cm³/mol. The topological polar surface area (TPSA) is 50.9 Å². The Morgan fingerprint density at radius 2 is 1.72 bits per heavy atom. The molecule has 1 rings (SSSR count). The molecular formula is C15H27N3. The van der Waals surface area contributed by atoms with E-state index in [1.807, 2.05) is 24.5 Å². The van der Waals surface area contributed by atoms with E-state index < -0.39 is 0 Å². The summed E-state index contributed by atoms with van der Waals surface area (Å²) in [4.78, 5) is 4.03. The maximum atomic E-state index is 5.76. The van der Waals surface area contributed by atoms with E-state index in [4.69, 9.17) is 5.73 Å². The fourth-order valence-electron chi connectivity index (χ4n) is 2.00. The van der Waals surface area contributed by atoms with Crippen molar-refractivity contribution in [3.05, 3.63) is 24.5 Å². The van der Waals surface area contributed by atoms with Crippen LogP contribution < -0.4 is 11.1 Å². The lowest BCUT2D eigenvalue weighted by molar-refractivity contribution is 0.318. The molecule has 0 spiro atoms. The molecule has 18 heavy (non-hydrogen) atoms. The Labute approximate surface area is 111 Å². The fraction of sp³-hybridized carbons (Fsp3) is 0.667. The molecule has 0 aliphatic rings. The summed E-state index contributed by atoms with van der Waals surface area (Å²) < 4.78 is 0. The first-order chi connectivity index (χ1) is 8.35. The first-order valence-corrected chi connectivity index (χ1v) is 6.73. The molecule has 0 radical (unpaired) electrons. The molecule has 0 atom stereocenters. The zero-order valence-corrected chi connectivity index (χ0v) is 12.2. The second-order valence-electron chi connectivity index (χ2n) is 6.47. The predicted octanol–water partition coefficient (Wildman–Crippen LogP) is 3.43. The summed E-state index contributed by atoms with van der Waals surface area (Å²) in [6.45, 7) is 9.70. The zero-order valence-electron chi connectivity index (χ0n) is 12.2. The Morgan fingerprint density at radius 3 is 2.28 bits per heavy atom. The minimum absolute atomic E-state index is 0.103. The van der Waals surface area contributed by atoms with Crippen molar-refractivity contribution in [1.29, 1.82) is 0 Å². The van der Waals surface area contributed by atoms with Gasteiger partial charge in [0.25, 0.3) is 0 Å². The normalized spacial score (nSPS) is 12.5. The summed E-state index contributed by atoms with van der Waals surface area (Å²) in [6.07, 6.45) is 7.13. The molecule has 3 N–H and O–H groups in total. The van der Waals surface area contributed by atoms with Gasteiger partial charge in [0.15, 0.2) is 0 Å². The van der Waals surface area contributed by atoms with E-state index in [2.05, 4.69) is 38.0 Å². The van der Waals surface area contributed by atoms with E-state index in [1.54, 1.807) is 0 Å². The average Bonchev–Trinajstić information content (AvgIpc) is 2.29. The number of nitrogens with two attached hydrogens (primary N) is 1. The molecule has 0 aromatic carbocycles. The van der Waals surface area contributed by atoms with Crippen LogP contribution in [-0.2, 0) is 0 Å². The molecule has 1 aromatic heterocycles. The van der Waals surface area contributed by atoms with Gasteiger partial charge in [0.05, 0.1) is 0 Å². The van der Waals surface area contributed by atoms with Crippen LogP contribution in [-0.4, -0.2) is 17.1 Å². The van der Waals surface area contributed by atoms with Gasteiger partial charge in [-0.25, -0.2) is 0 Å². The van der Waals surface area contributed by atoms with Gasteiger partial charge in [0.1, 0.15) is 0 Å². The van der Waals surface area contributed by atoms with Crippen molar-refractivity contribution in [2.45, 2.75) is 52.5 Å². The van der Waals surface area contributed by atoms with Gasteiger partial charge >= 0.3 is 0 Å². The molecule has 1 aromatic rings. The summed E-state index contributed by atoms with van der Waals surface area (Å²) in [5.41, 5.74) is 7.25. The highest BCUT2D eigenvalue weighted by Crippen LogP contribution is 2.26. The lowest BCUT2D eigenvalue weighted by atomic mass is 9.85. The van der Waals surface area contributed by atoms with Crippen molar-refractivity contribution in [1.82, 2.24) is 4.98 Å². The van der Waals surface area contributed by atoms with Crippen molar-refractivity contribution < 1.29 is 0 Å². The molecule has 0 saturated heterocycles. The van der Waals surface area contributed by atoms with Crippen molar-refractivity contribution >= 4 is 5.69 Å². The molecule has 102 valence electrons. The van der Waals surface area contributed by atoms with Crippen LogP contribution in [0.25, 0.3) is 0 Å². The molecule has 1 heterocycles. The Hall–Kier alpha value is -1.09. The first-order valence-electron chi connectivity index (χ1n) is 6.73. The number of anilines is 1. The molecular weight excluding hydrogens is 222 g/mol. The fourth-order valence-corrected chi connectivity index (χ4v) is 2.00. The van der Waals surface area contributed by atoms with E-state index in [0.29, 0.717) is 0 Å². The second kappa shape index (κ2) is 6.19. The molecule has 0 aliphatic carbocycles. The minimum atomic E-state index is 0.103. The van der Waals surface area contributed by atoms with Crippen LogP contribution in [0.2, 0.25) is 0 Å². The van der Waals surface area contributed by atoms with Crippen molar-refractivity contribution in [3.8, 4) is 0 Å². The summed E-state index contributed by atoms with van der Waals surface area (Å²) in [5.74, 6) is 0. The van der Waals surface area contributed by atoms with E-state index in [-0.39, 0.29) is 11.0 Å². The standard InChI is InChI=1S/C15H27N3/c1-14(2,12-16)8-5-9-15(3,4)18-13-6-10-17-11-7-13/h6-7,10-11H,5,8-9,12,16H2,1-4H3,(H,17,18). The first kappa shape index (κ1) is 15.0. The smallest absolute Gasteiger partial charge is 0.0375 e. The monoisotopic (exact) mass is 249 g/mol. The third-order valence-corrected chi connectivity index (χ3v) is 3.37. The summed E-state index contributed by atoms with van der Waals surface area (Å²) in [5, 5.41) is 3.55. The third kappa shape index (κ3) is 5.50. The molecule has 0 bridgehead atoms. The molecule has 0 amide bonds. The van der Waals surface area contributed by atoms with E-state index in [1.165, 1.54) is 12.8 Å². The van der Waals surface area contributed by atoms with Crippen molar-refractivity contribution in [2.24, 2.45) is 11.1 Å². The highest BCUT2D eigenvalue weighted by molar-refractivity contribution is 5.43. The summed E-state index contributed by atoms with van der Waals surface area (Å²) in [7, 11) is 0. The Bertz CT molecular complexity index is 344. The number of nitrogens with zero attached hydrogens (tertiary/aromatic N) is 1. The quantitative estimate of drug-likeness (QED) is 0.778. The van der Waals surface area contributed by atoms with Crippen LogP contribution in [0, 0.1) is 5.41 Å². The third-order valence-electron chi connectivity index (χ3n) is 3.37. The Kier molecular flexibility index (Phi) is 5.15. The van der Waals surface area contributed by atoms with Gasteiger partial charge in [-0.1, -0.05) is 20.3 Å². The largest absolute Gasteiger partial charge is 0.380 e. The number of hydrogen-bond acceptors (Lipinski definition) is 3. The number of nitrogens with one attached hydrogen (secondary N) is 1. The molecule has 0 unspecified atom stereocenters. The van der Waals surface area contributed by atoms with E-state index >= 15 is 0 Å². The van der Waals surface area contributed by atoms with Gasteiger partial charge in [-0.3, -0.25) is 4.98 Å². The van der Waals surface area contributed by atoms with Crippen LogP contribution in [0.15, 0.2) is 24.5 Å². The van der Waals surface area contributed by atoms with Crippen LogP contribution >= 0.6 is 0 Å². The van der Waals surface area contributed by atoms with Gasteiger partial charge < -0.3 is 11.1 Å². The van der Waals surface area contributed by atoms with E-state index in [0.717, 1.165) is 18.7 Å². The zero-order chi connectivity index (χ0) is 13.6. The van der Waals surface area contributed by atoms with Gasteiger partial charge in [-0.2, -0.15) is 0 Å². The van der Waals surface area contributed by atoms with Crippen LogP contribution in [0.4, 0.5) is 5.69 Å².